The quantitative estimate of drug-likeness (QED) is 0.833. The van der Waals surface area contributed by atoms with Gasteiger partial charge >= 0.3 is 0 Å². The van der Waals surface area contributed by atoms with E-state index >= 15 is 0 Å². The lowest BCUT2D eigenvalue weighted by Gasteiger charge is -2.18. The summed E-state index contributed by atoms with van der Waals surface area (Å²) in [7, 11) is 1.92. The molecular weight excluding hydrogens is 198 g/mol. The number of hydrogen-bond donors (Lipinski definition) is 1. The Balaban J connectivity index is 2.46. The third-order valence-electron chi connectivity index (χ3n) is 2.78. The summed E-state index contributed by atoms with van der Waals surface area (Å²) in [5, 5.41) is 4.29. The van der Waals surface area contributed by atoms with E-state index in [4.69, 9.17) is 4.42 Å². The number of benzene rings is 1. The molecule has 2 rings (SSSR count). The normalized spacial score (nSPS) is 12.2. The van der Waals surface area contributed by atoms with Crippen molar-refractivity contribution in [3.05, 3.63) is 35.6 Å². The molecule has 1 aromatic heterocycles. The molecule has 0 fully saturated rings. The third-order valence-corrected chi connectivity index (χ3v) is 2.78. The lowest BCUT2D eigenvalue weighted by molar-refractivity contribution is 0.530. The van der Waals surface area contributed by atoms with E-state index in [9.17, 15) is 0 Å². The highest BCUT2D eigenvalue weighted by Crippen LogP contribution is 2.27. The molecule has 0 aliphatic carbocycles. The Kier molecular flexibility index (Phi) is 2.76. The second-order valence-electron chi connectivity index (χ2n) is 5.25. The SMILES string of the molecule is CNCc1cc2cc(C(C)(C)C)ccc2o1. The van der Waals surface area contributed by atoms with Crippen molar-refractivity contribution >= 4 is 11.0 Å². The molecule has 0 spiro atoms. The predicted octanol–water partition coefficient (Wildman–Crippen LogP) is 3.45. The molecule has 0 bridgehead atoms. The smallest absolute Gasteiger partial charge is 0.134 e. The highest BCUT2D eigenvalue weighted by Gasteiger charge is 2.14. The van der Waals surface area contributed by atoms with Crippen LogP contribution < -0.4 is 5.32 Å². The first kappa shape index (κ1) is 11.2. The van der Waals surface area contributed by atoms with Crippen LogP contribution in [-0.2, 0) is 12.0 Å². The standard InChI is InChI=1S/C14H19NO/c1-14(2,3)11-5-6-13-10(7-11)8-12(16-13)9-15-4/h5-8,15H,9H2,1-4H3. The zero-order valence-corrected chi connectivity index (χ0v) is 10.4. The maximum absolute atomic E-state index is 5.71. The monoisotopic (exact) mass is 217 g/mol. The first-order chi connectivity index (χ1) is 7.50. The Morgan fingerprint density at radius 2 is 1.94 bits per heavy atom. The maximum Gasteiger partial charge on any atom is 0.134 e. The maximum atomic E-state index is 5.71. The molecule has 86 valence electrons. The minimum Gasteiger partial charge on any atom is -0.460 e. The molecule has 2 nitrogen and oxygen atoms in total. The Labute approximate surface area is 96.6 Å². The Bertz CT molecular complexity index is 491. The van der Waals surface area contributed by atoms with E-state index in [1.165, 1.54) is 10.9 Å². The zero-order chi connectivity index (χ0) is 11.8. The average molecular weight is 217 g/mol. The summed E-state index contributed by atoms with van der Waals surface area (Å²) in [5.74, 6) is 0.989. The van der Waals surface area contributed by atoms with Gasteiger partial charge in [0.2, 0.25) is 0 Å². The van der Waals surface area contributed by atoms with Gasteiger partial charge in [-0.3, -0.25) is 0 Å². The molecule has 1 heterocycles. The Morgan fingerprint density at radius 3 is 2.56 bits per heavy atom. The van der Waals surface area contributed by atoms with Gasteiger partial charge in [-0.15, -0.1) is 0 Å². The Hall–Kier alpha value is -1.28. The van der Waals surface area contributed by atoms with Crippen LogP contribution in [0.1, 0.15) is 32.1 Å². The number of furan rings is 1. The van der Waals surface area contributed by atoms with E-state index in [0.29, 0.717) is 0 Å². The van der Waals surface area contributed by atoms with Crippen molar-refractivity contribution in [2.75, 3.05) is 7.05 Å². The summed E-state index contributed by atoms with van der Waals surface area (Å²) in [6, 6.07) is 8.54. The molecule has 2 aromatic rings. The molecule has 2 heteroatoms. The molecule has 1 N–H and O–H groups in total. The van der Waals surface area contributed by atoms with Gasteiger partial charge in [-0.25, -0.2) is 0 Å². The van der Waals surface area contributed by atoms with Gasteiger partial charge in [0.15, 0.2) is 0 Å². The first-order valence-electron chi connectivity index (χ1n) is 5.68. The number of hydrogen-bond acceptors (Lipinski definition) is 2. The molecule has 0 aliphatic heterocycles. The van der Waals surface area contributed by atoms with Gasteiger partial charge in [0.05, 0.1) is 6.54 Å². The fourth-order valence-electron chi connectivity index (χ4n) is 1.83. The minimum atomic E-state index is 0.189. The molecule has 1 aromatic carbocycles. The lowest BCUT2D eigenvalue weighted by Crippen LogP contribution is -2.10. The molecular formula is C14H19NO. The van der Waals surface area contributed by atoms with Gasteiger partial charge in [0.1, 0.15) is 11.3 Å². The summed E-state index contributed by atoms with van der Waals surface area (Å²) in [6.07, 6.45) is 0. The molecule has 0 amide bonds. The summed E-state index contributed by atoms with van der Waals surface area (Å²) in [5.41, 5.74) is 2.50. The molecule has 0 radical (unpaired) electrons. The van der Waals surface area contributed by atoms with E-state index in [2.05, 4.69) is 50.4 Å². The average Bonchev–Trinajstić information content (AvgIpc) is 2.57. The van der Waals surface area contributed by atoms with E-state index in [1.807, 2.05) is 7.05 Å². The van der Waals surface area contributed by atoms with Gasteiger partial charge in [-0.05, 0) is 36.2 Å². The molecule has 0 saturated carbocycles. The second kappa shape index (κ2) is 3.95. The number of rotatable bonds is 2. The van der Waals surface area contributed by atoms with Crippen LogP contribution in [0.15, 0.2) is 28.7 Å². The highest BCUT2D eigenvalue weighted by molar-refractivity contribution is 5.79. The molecule has 0 aliphatic rings. The van der Waals surface area contributed by atoms with Crippen LogP contribution in [0.5, 0.6) is 0 Å². The lowest BCUT2D eigenvalue weighted by atomic mass is 9.86. The third kappa shape index (κ3) is 2.12. The highest BCUT2D eigenvalue weighted by atomic mass is 16.3. The van der Waals surface area contributed by atoms with Crippen molar-refractivity contribution in [3.8, 4) is 0 Å². The van der Waals surface area contributed by atoms with Gasteiger partial charge in [0.25, 0.3) is 0 Å². The van der Waals surface area contributed by atoms with Crippen molar-refractivity contribution in [1.82, 2.24) is 5.32 Å². The minimum absolute atomic E-state index is 0.189. The van der Waals surface area contributed by atoms with Crippen molar-refractivity contribution in [1.29, 1.82) is 0 Å². The van der Waals surface area contributed by atoms with E-state index in [0.717, 1.165) is 17.9 Å². The van der Waals surface area contributed by atoms with Crippen molar-refractivity contribution in [3.63, 3.8) is 0 Å². The fraction of sp³-hybridized carbons (Fsp3) is 0.429. The number of fused-ring (bicyclic) bond motifs is 1. The molecule has 0 atom stereocenters. The molecule has 16 heavy (non-hydrogen) atoms. The summed E-state index contributed by atoms with van der Waals surface area (Å²) >= 11 is 0. The van der Waals surface area contributed by atoms with Crippen LogP contribution in [0, 0.1) is 0 Å². The van der Waals surface area contributed by atoms with Gasteiger partial charge in [-0.1, -0.05) is 26.8 Å². The van der Waals surface area contributed by atoms with Crippen LogP contribution >= 0.6 is 0 Å². The fourth-order valence-corrected chi connectivity index (χ4v) is 1.83. The van der Waals surface area contributed by atoms with Crippen LogP contribution in [-0.4, -0.2) is 7.05 Å². The van der Waals surface area contributed by atoms with Crippen LogP contribution in [0.2, 0.25) is 0 Å². The summed E-state index contributed by atoms with van der Waals surface area (Å²) < 4.78 is 5.71. The van der Waals surface area contributed by atoms with Gasteiger partial charge < -0.3 is 9.73 Å². The molecule has 0 unspecified atom stereocenters. The van der Waals surface area contributed by atoms with E-state index < -0.39 is 0 Å². The van der Waals surface area contributed by atoms with Crippen LogP contribution in [0.3, 0.4) is 0 Å². The topological polar surface area (TPSA) is 25.2 Å². The van der Waals surface area contributed by atoms with E-state index in [1.54, 1.807) is 0 Å². The summed E-state index contributed by atoms with van der Waals surface area (Å²) in [4.78, 5) is 0. The van der Waals surface area contributed by atoms with Gasteiger partial charge in [0, 0.05) is 5.39 Å². The largest absolute Gasteiger partial charge is 0.460 e. The zero-order valence-electron chi connectivity index (χ0n) is 10.4. The van der Waals surface area contributed by atoms with Gasteiger partial charge in [-0.2, -0.15) is 0 Å². The van der Waals surface area contributed by atoms with Crippen LogP contribution in [0.25, 0.3) is 11.0 Å². The first-order valence-corrected chi connectivity index (χ1v) is 5.68. The van der Waals surface area contributed by atoms with Crippen LogP contribution in [0.4, 0.5) is 0 Å². The predicted molar refractivity (Wildman–Crippen MR) is 67.7 cm³/mol. The second-order valence-corrected chi connectivity index (χ2v) is 5.25. The Morgan fingerprint density at radius 1 is 1.19 bits per heavy atom. The van der Waals surface area contributed by atoms with Crippen molar-refractivity contribution in [2.45, 2.75) is 32.7 Å². The number of nitrogens with one attached hydrogen (secondary N) is 1. The van der Waals surface area contributed by atoms with Crippen molar-refractivity contribution < 1.29 is 4.42 Å². The molecule has 0 saturated heterocycles. The van der Waals surface area contributed by atoms with E-state index in [-0.39, 0.29) is 5.41 Å². The summed E-state index contributed by atoms with van der Waals surface area (Å²) in [6.45, 7) is 7.45. The van der Waals surface area contributed by atoms with Crippen molar-refractivity contribution in [2.24, 2.45) is 0 Å².